The van der Waals surface area contributed by atoms with Crippen LogP contribution in [0.15, 0.2) is 47.0 Å². The monoisotopic (exact) mass is 458 g/mol. The number of hydrogen-bond acceptors (Lipinski definition) is 6. The van der Waals surface area contributed by atoms with Crippen molar-refractivity contribution in [1.29, 1.82) is 0 Å². The number of rotatable bonds is 5. The first-order valence-corrected chi connectivity index (χ1v) is 10.6. The molecule has 4 rings (SSSR count). The lowest BCUT2D eigenvalue weighted by atomic mass is 10.1. The number of thiophene rings is 1. The van der Waals surface area contributed by atoms with Crippen LogP contribution in [0.4, 0.5) is 0 Å². The van der Waals surface area contributed by atoms with E-state index >= 15 is 0 Å². The molecule has 7 nitrogen and oxygen atoms in total. The molecule has 1 aromatic carbocycles. The van der Waals surface area contributed by atoms with Gasteiger partial charge in [0.25, 0.3) is 0 Å². The Hall–Kier alpha value is -3.10. The molecule has 0 amide bonds. The first-order chi connectivity index (χ1) is 14.6. The van der Waals surface area contributed by atoms with Crippen molar-refractivity contribution < 1.29 is 24.0 Å². The Morgan fingerprint density at radius 2 is 1.97 bits per heavy atom. The molecule has 1 N–H and O–H groups in total. The number of aromatic carboxylic acids is 1. The average molecular weight is 459 g/mol. The molecule has 160 valence electrons. The number of ether oxygens (including phenoxy) is 1. The van der Waals surface area contributed by atoms with E-state index in [4.69, 9.17) is 20.9 Å². The van der Waals surface area contributed by atoms with Crippen LogP contribution in [0.25, 0.3) is 21.5 Å². The summed E-state index contributed by atoms with van der Waals surface area (Å²) < 4.78 is 13.4. The second kappa shape index (κ2) is 7.86. The van der Waals surface area contributed by atoms with Crippen molar-refractivity contribution in [2.45, 2.75) is 32.9 Å². The van der Waals surface area contributed by atoms with Gasteiger partial charge in [-0.1, -0.05) is 16.8 Å². The summed E-state index contributed by atoms with van der Waals surface area (Å²) in [5.74, 6) is -0.964. The Morgan fingerprint density at radius 1 is 1.19 bits per heavy atom. The molecule has 0 radical (unpaired) electrons. The number of hydrogen-bond donors (Lipinski definition) is 1. The van der Waals surface area contributed by atoms with Gasteiger partial charge in [0.2, 0.25) is 0 Å². The summed E-state index contributed by atoms with van der Waals surface area (Å²) in [7, 11) is 0. The number of nitrogens with zero attached hydrogens (tertiary/aromatic N) is 2. The zero-order chi connectivity index (χ0) is 22.3. The Kier molecular flexibility index (Phi) is 5.36. The molecule has 0 saturated heterocycles. The molecule has 9 heteroatoms. The van der Waals surface area contributed by atoms with Crippen LogP contribution >= 0.6 is 22.9 Å². The third-order valence-corrected chi connectivity index (χ3v) is 5.70. The van der Waals surface area contributed by atoms with E-state index in [1.54, 1.807) is 49.6 Å². The van der Waals surface area contributed by atoms with Gasteiger partial charge in [-0.05, 0) is 57.2 Å². The van der Waals surface area contributed by atoms with Crippen LogP contribution in [-0.2, 0) is 11.3 Å². The molecule has 4 aromatic rings. The minimum Gasteiger partial charge on any atom is -0.478 e. The van der Waals surface area contributed by atoms with Gasteiger partial charge in [0.1, 0.15) is 17.0 Å². The van der Waals surface area contributed by atoms with Gasteiger partial charge < -0.3 is 18.9 Å². The Balaban J connectivity index is 1.76. The summed E-state index contributed by atoms with van der Waals surface area (Å²) in [5, 5.41) is 14.0. The third kappa shape index (κ3) is 4.50. The van der Waals surface area contributed by atoms with Crippen LogP contribution in [0.3, 0.4) is 0 Å². The SMILES string of the molecule is CC(C)(C)OC(=O)c1cc2cc(C(=O)O)ccc2n1Cc1cc(-c2ccc(Cl)s2)on1. The van der Waals surface area contributed by atoms with Crippen LogP contribution in [-0.4, -0.2) is 32.4 Å². The Bertz CT molecular complexity index is 1290. The second-order valence-corrected chi connectivity index (χ2v) is 9.70. The first kappa shape index (κ1) is 21.1. The summed E-state index contributed by atoms with van der Waals surface area (Å²) >= 11 is 7.38. The molecule has 0 atom stereocenters. The van der Waals surface area contributed by atoms with Gasteiger partial charge in [-0.3, -0.25) is 0 Å². The maximum atomic E-state index is 12.9. The average Bonchev–Trinajstić information content (AvgIpc) is 3.39. The quantitative estimate of drug-likeness (QED) is 0.385. The number of benzene rings is 1. The lowest BCUT2D eigenvalue weighted by molar-refractivity contribution is 0.00584. The van der Waals surface area contributed by atoms with Gasteiger partial charge in [0.15, 0.2) is 5.76 Å². The number of carbonyl (C=O) groups is 2. The standard InChI is InChI=1S/C22H19ClN2O5S/c1-22(2,3)29-21(28)16-9-13-8-12(20(26)27)4-5-15(13)25(16)11-14-10-17(30-24-14)18-6-7-19(23)31-18/h4-10H,11H2,1-3H3,(H,26,27). The van der Waals surface area contributed by atoms with E-state index < -0.39 is 17.5 Å². The van der Waals surface area contributed by atoms with Crippen molar-refractivity contribution in [3.8, 4) is 10.6 Å². The zero-order valence-corrected chi connectivity index (χ0v) is 18.6. The number of carboxylic acid groups (broad SMARTS) is 1. The number of halogens is 1. The van der Waals surface area contributed by atoms with Crippen LogP contribution in [0.2, 0.25) is 4.34 Å². The Morgan fingerprint density at radius 3 is 2.61 bits per heavy atom. The van der Waals surface area contributed by atoms with Crippen molar-refractivity contribution in [1.82, 2.24) is 9.72 Å². The van der Waals surface area contributed by atoms with Gasteiger partial charge >= 0.3 is 11.9 Å². The molecule has 0 aliphatic heterocycles. The summed E-state index contributed by atoms with van der Waals surface area (Å²) in [6, 6.07) is 11.8. The van der Waals surface area contributed by atoms with Gasteiger partial charge in [0, 0.05) is 17.0 Å². The van der Waals surface area contributed by atoms with Gasteiger partial charge in [-0.2, -0.15) is 0 Å². The molecule has 0 aliphatic rings. The van der Waals surface area contributed by atoms with Gasteiger partial charge in [-0.25, -0.2) is 9.59 Å². The highest BCUT2D eigenvalue weighted by atomic mass is 35.5. The van der Waals surface area contributed by atoms with Gasteiger partial charge in [-0.15, -0.1) is 11.3 Å². The number of carboxylic acids is 1. The van der Waals surface area contributed by atoms with Crippen LogP contribution in [0, 0.1) is 0 Å². The predicted molar refractivity (Wildman–Crippen MR) is 118 cm³/mol. The molecule has 0 saturated carbocycles. The molecule has 0 unspecified atom stereocenters. The number of carbonyl (C=O) groups excluding carboxylic acids is 1. The second-order valence-electron chi connectivity index (χ2n) is 7.98. The fourth-order valence-electron chi connectivity index (χ4n) is 3.18. The maximum absolute atomic E-state index is 12.9. The van der Waals surface area contributed by atoms with E-state index in [-0.39, 0.29) is 12.1 Å². The van der Waals surface area contributed by atoms with Crippen LogP contribution < -0.4 is 0 Å². The smallest absolute Gasteiger partial charge is 0.355 e. The molecule has 3 aromatic heterocycles. The number of esters is 1. The molecular formula is C22H19ClN2O5S. The maximum Gasteiger partial charge on any atom is 0.355 e. The number of fused-ring (bicyclic) bond motifs is 1. The highest BCUT2D eigenvalue weighted by Crippen LogP contribution is 2.32. The molecule has 0 spiro atoms. The van der Waals surface area contributed by atoms with Crippen molar-refractivity contribution in [2.75, 3.05) is 0 Å². The summed E-state index contributed by atoms with van der Waals surface area (Å²) in [6.45, 7) is 5.61. The highest BCUT2D eigenvalue weighted by molar-refractivity contribution is 7.19. The van der Waals surface area contributed by atoms with E-state index in [0.717, 1.165) is 4.88 Å². The molecule has 0 aliphatic carbocycles. The molecular weight excluding hydrogens is 440 g/mol. The zero-order valence-electron chi connectivity index (χ0n) is 17.0. The van der Waals surface area contributed by atoms with E-state index in [1.807, 2.05) is 6.07 Å². The van der Waals surface area contributed by atoms with E-state index in [9.17, 15) is 14.7 Å². The van der Waals surface area contributed by atoms with E-state index in [0.29, 0.717) is 32.4 Å². The van der Waals surface area contributed by atoms with E-state index in [1.165, 1.54) is 23.5 Å². The van der Waals surface area contributed by atoms with Crippen molar-refractivity contribution in [3.63, 3.8) is 0 Å². The lowest BCUT2D eigenvalue weighted by Crippen LogP contribution is -2.25. The molecule has 0 fully saturated rings. The fraction of sp³-hybridized carbons (Fsp3) is 0.227. The van der Waals surface area contributed by atoms with Crippen molar-refractivity contribution in [2.24, 2.45) is 0 Å². The topological polar surface area (TPSA) is 94.6 Å². The fourth-order valence-corrected chi connectivity index (χ4v) is 4.18. The number of aromatic nitrogens is 2. The molecule has 3 heterocycles. The van der Waals surface area contributed by atoms with Crippen LogP contribution in [0.1, 0.15) is 47.3 Å². The molecule has 31 heavy (non-hydrogen) atoms. The normalized spacial score (nSPS) is 11.7. The summed E-state index contributed by atoms with van der Waals surface area (Å²) in [5.41, 5.74) is 1.05. The third-order valence-electron chi connectivity index (χ3n) is 4.45. The molecule has 0 bridgehead atoms. The van der Waals surface area contributed by atoms with Gasteiger partial charge in [0.05, 0.1) is 21.3 Å². The first-order valence-electron chi connectivity index (χ1n) is 9.42. The van der Waals surface area contributed by atoms with Crippen LogP contribution in [0.5, 0.6) is 0 Å². The van der Waals surface area contributed by atoms with Crippen molar-refractivity contribution in [3.05, 3.63) is 63.8 Å². The van der Waals surface area contributed by atoms with E-state index in [2.05, 4.69) is 5.16 Å². The minimum atomic E-state index is -1.04. The predicted octanol–water partition coefficient (Wildman–Crippen LogP) is 5.71. The largest absolute Gasteiger partial charge is 0.478 e. The summed E-state index contributed by atoms with van der Waals surface area (Å²) in [6.07, 6.45) is 0. The highest BCUT2D eigenvalue weighted by Gasteiger charge is 2.24. The minimum absolute atomic E-state index is 0.138. The van der Waals surface area contributed by atoms with Crippen molar-refractivity contribution >= 4 is 45.8 Å². The summed E-state index contributed by atoms with van der Waals surface area (Å²) in [4.78, 5) is 25.1. The lowest BCUT2D eigenvalue weighted by Gasteiger charge is -2.20. The Labute approximate surface area is 186 Å².